The van der Waals surface area contributed by atoms with E-state index in [0.29, 0.717) is 5.92 Å². The molecule has 0 saturated carbocycles. The van der Waals surface area contributed by atoms with Crippen molar-refractivity contribution in [2.24, 2.45) is 18.0 Å². The van der Waals surface area contributed by atoms with Gasteiger partial charge in [0.2, 0.25) is 0 Å². The van der Waals surface area contributed by atoms with E-state index in [2.05, 4.69) is 40.4 Å². The quantitative estimate of drug-likeness (QED) is 0.654. The number of hydrogen-bond donors (Lipinski definition) is 1. The van der Waals surface area contributed by atoms with Gasteiger partial charge in [0.15, 0.2) is 5.96 Å². The molecule has 140 valence electrons. The fourth-order valence-electron chi connectivity index (χ4n) is 4.01. The van der Waals surface area contributed by atoms with E-state index < -0.39 is 0 Å². The second-order valence-electron chi connectivity index (χ2n) is 7.65. The van der Waals surface area contributed by atoms with E-state index in [9.17, 15) is 0 Å². The van der Waals surface area contributed by atoms with Crippen LogP contribution in [0.4, 0.5) is 0 Å². The second-order valence-corrected chi connectivity index (χ2v) is 7.65. The van der Waals surface area contributed by atoms with Crippen LogP contribution in [0.1, 0.15) is 44.1 Å². The van der Waals surface area contributed by atoms with Gasteiger partial charge in [0.05, 0.1) is 6.20 Å². The molecule has 1 N–H and O–H groups in total. The van der Waals surface area contributed by atoms with Crippen LogP contribution in [0.25, 0.3) is 0 Å². The summed E-state index contributed by atoms with van der Waals surface area (Å²) in [5, 5.41) is 7.82. The molecule has 1 aromatic heterocycles. The Bertz CT molecular complexity index is 558. The number of aromatic nitrogens is 2. The molecule has 0 spiro atoms. The lowest BCUT2D eigenvalue weighted by atomic mass is 9.94. The molecule has 6 heteroatoms. The highest BCUT2D eigenvalue weighted by atomic mass is 15.3. The lowest BCUT2D eigenvalue weighted by molar-refractivity contribution is 0.214. The summed E-state index contributed by atoms with van der Waals surface area (Å²) in [4.78, 5) is 9.80. The smallest absolute Gasteiger partial charge is 0.193 e. The van der Waals surface area contributed by atoms with E-state index >= 15 is 0 Å². The van der Waals surface area contributed by atoms with E-state index in [1.54, 1.807) is 0 Å². The van der Waals surface area contributed by atoms with Gasteiger partial charge < -0.3 is 15.1 Å². The van der Waals surface area contributed by atoms with Crippen molar-refractivity contribution in [3.05, 3.63) is 18.0 Å². The van der Waals surface area contributed by atoms with Crippen LogP contribution < -0.4 is 5.32 Å². The van der Waals surface area contributed by atoms with Gasteiger partial charge in [-0.2, -0.15) is 5.10 Å². The number of piperidine rings is 1. The summed E-state index contributed by atoms with van der Waals surface area (Å²) >= 11 is 0. The van der Waals surface area contributed by atoms with Crippen molar-refractivity contribution in [2.75, 3.05) is 46.3 Å². The normalized spacial score (nSPS) is 23.4. The minimum Gasteiger partial charge on any atom is -0.357 e. The number of rotatable bonds is 5. The van der Waals surface area contributed by atoms with E-state index in [1.165, 1.54) is 44.3 Å². The molecule has 2 saturated heterocycles. The van der Waals surface area contributed by atoms with E-state index in [1.807, 2.05) is 17.9 Å². The predicted octanol–water partition coefficient (Wildman–Crippen LogP) is 1.91. The van der Waals surface area contributed by atoms with Crippen molar-refractivity contribution >= 4 is 5.96 Å². The Balaban J connectivity index is 1.52. The maximum Gasteiger partial charge on any atom is 0.193 e. The molecule has 3 heterocycles. The predicted molar refractivity (Wildman–Crippen MR) is 103 cm³/mol. The van der Waals surface area contributed by atoms with E-state index in [0.717, 1.165) is 38.1 Å². The van der Waals surface area contributed by atoms with Gasteiger partial charge in [-0.15, -0.1) is 0 Å². The van der Waals surface area contributed by atoms with Gasteiger partial charge in [0, 0.05) is 45.3 Å². The largest absolute Gasteiger partial charge is 0.357 e. The Kier molecular flexibility index (Phi) is 6.34. The molecule has 3 rings (SSSR count). The van der Waals surface area contributed by atoms with Crippen LogP contribution >= 0.6 is 0 Å². The van der Waals surface area contributed by atoms with Gasteiger partial charge in [0.1, 0.15) is 0 Å². The third kappa shape index (κ3) is 4.97. The molecule has 6 nitrogen and oxygen atoms in total. The molecule has 2 fully saturated rings. The van der Waals surface area contributed by atoms with Crippen molar-refractivity contribution in [3.63, 3.8) is 0 Å². The van der Waals surface area contributed by atoms with Crippen molar-refractivity contribution in [1.29, 1.82) is 0 Å². The molecule has 0 aliphatic carbocycles. The Morgan fingerprint density at radius 1 is 1.24 bits per heavy atom. The number of guanidine groups is 1. The van der Waals surface area contributed by atoms with Crippen LogP contribution in [0.3, 0.4) is 0 Å². The first-order valence-electron chi connectivity index (χ1n) is 9.86. The van der Waals surface area contributed by atoms with Crippen molar-refractivity contribution in [3.8, 4) is 0 Å². The van der Waals surface area contributed by atoms with Gasteiger partial charge in [-0.05, 0) is 64.2 Å². The molecular formula is C19H34N6. The van der Waals surface area contributed by atoms with Crippen LogP contribution in [-0.4, -0.2) is 71.9 Å². The number of likely N-dealkylation sites (tertiary alicyclic amines) is 2. The standard InChI is InChI=1S/C19H34N6/c1-4-20-19(21-9-5-16-6-10-23(2)11-7-16)25-12-8-17(15-25)18-13-22-24(3)14-18/h13-14,16-17H,4-12,15H2,1-3H3,(H,20,21). The SMILES string of the molecule is CCNC(=NCCC1CCN(C)CC1)N1CCC(c2cnn(C)c2)C1. The maximum atomic E-state index is 4.94. The monoisotopic (exact) mass is 346 g/mol. The molecule has 0 bridgehead atoms. The van der Waals surface area contributed by atoms with Gasteiger partial charge in [0.25, 0.3) is 0 Å². The second kappa shape index (κ2) is 8.70. The molecule has 2 aliphatic rings. The summed E-state index contributed by atoms with van der Waals surface area (Å²) in [6.45, 7) is 8.65. The minimum absolute atomic E-state index is 0.575. The molecule has 1 aromatic rings. The van der Waals surface area contributed by atoms with Crippen LogP contribution in [0.15, 0.2) is 17.4 Å². The zero-order valence-electron chi connectivity index (χ0n) is 16.1. The zero-order chi connectivity index (χ0) is 17.6. The van der Waals surface area contributed by atoms with Crippen LogP contribution in [0.5, 0.6) is 0 Å². The van der Waals surface area contributed by atoms with Gasteiger partial charge in [-0.1, -0.05) is 0 Å². The fraction of sp³-hybridized carbons (Fsp3) is 0.789. The van der Waals surface area contributed by atoms with Crippen molar-refractivity contribution in [2.45, 2.75) is 38.5 Å². The summed E-state index contributed by atoms with van der Waals surface area (Å²) in [6.07, 6.45) is 9.23. The average Bonchev–Trinajstić information content (AvgIpc) is 3.25. The first kappa shape index (κ1) is 18.2. The lowest BCUT2D eigenvalue weighted by Crippen LogP contribution is -2.40. The van der Waals surface area contributed by atoms with E-state index in [-0.39, 0.29) is 0 Å². The topological polar surface area (TPSA) is 48.7 Å². The zero-order valence-corrected chi connectivity index (χ0v) is 16.1. The number of nitrogens with zero attached hydrogens (tertiary/aromatic N) is 5. The fourth-order valence-corrected chi connectivity index (χ4v) is 4.01. The Labute approximate surface area is 152 Å². The molecule has 2 aliphatic heterocycles. The molecular weight excluding hydrogens is 312 g/mol. The molecule has 1 unspecified atom stereocenters. The third-order valence-corrected chi connectivity index (χ3v) is 5.66. The summed E-state index contributed by atoms with van der Waals surface area (Å²) in [7, 11) is 4.22. The van der Waals surface area contributed by atoms with Gasteiger partial charge >= 0.3 is 0 Å². The Morgan fingerprint density at radius 2 is 2.04 bits per heavy atom. The number of nitrogens with one attached hydrogen (secondary N) is 1. The number of aliphatic imine (C=N–C) groups is 1. The summed E-state index contributed by atoms with van der Waals surface area (Å²) in [6, 6.07) is 0. The minimum atomic E-state index is 0.575. The van der Waals surface area contributed by atoms with Crippen molar-refractivity contribution < 1.29 is 0 Å². The highest BCUT2D eigenvalue weighted by molar-refractivity contribution is 5.80. The maximum absolute atomic E-state index is 4.94. The lowest BCUT2D eigenvalue weighted by Gasteiger charge is -2.28. The Hall–Kier alpha value is -1.56. The highest BCUT2D eigenvalue weighted by Gasteiger charge is 2.27. The summed E-state index contributed by atoms with van der Waals surface area (Å²) in [5.41, 5.74) is 1.35. The summed E-state index contributed by atoms with van der Waals surface area (Å²) in [5.74, 6) is 2.53. The average molecular weight is 347 g/mol. The van der Waals surface area contributed by atoms with Crippen LogP contribution in [0.2, 0.25) is 0 Å². The molecule has 0 radical (unpaired) electrons. The first-order valence-corrected chi connectivity index (χ1v) is 9.86. The van der Waals surface area contributed by atoms with Gasteiger partial charge in [-0.3, -0.25) is 9.67 Å². The van der Waals surface area contributed by atoms with Crippen LogP contribution in [0, 0.1) is 5.92 Å². The number of aryl methyl sites for hydroxylation is 1. The molecule has 1 atom stereocenters. The molecule has 0 aromatic carbocycles. The van der Waals surface area contributed by atoms with Gasteiger partial charge in [-0.25, -0.2) is 0 Å². The molecule has 0 amide bonds. The third-order valence-electron chi connectivity index (χ3n) is 5.66. The van der Waals surface area contributed by atoms with Crippen LogP contribution in [-0.2, 0) is 7.05 Å². The number of hydrogen-bond acceptors (Lipinski definition) is 3. The van der Waals surface area contributed by atoms with Crippen molar-refractivity contribution in [1.82, 2.24) is 24.9 Å². The van der Waals surface area contributed by atoms with E-state index in [4.69, 9.17) is 4.99 Å². The Morgan fingerprint density at radius 3 is 2.72 bits per heavy atom. The summed E-state index contributed by atoms with van der Waals surface area (Å²) < 4.78 is 1.90. The first-order chi connectivity index (χ1) is 12.2. The highest BCUT2D eigenvalue weighted by Crippen LogP contribution is 2.26. The molecule has 25 heavy (non-hydrogen) atoms.